The number of carbonyl (C=O) groups excluding carboxylic acids is 2. The molecule has 6 atom stereocenters. The van der Waals surface area contributed by atoms with Crippen LogP contribution in [-0.2, 0) is 9.53 Å². The first-order valence-corrected chi connectivity index (χ1v) is 11.4. The van der Waals surface area contributed by atoms with Crippen LogP contribution >= 0.6 is 0 Å². The summed E-state index contributed by atoms with van der Waals surface area (Å²) < 4.78 is 5.52. The molecule has 0 spiro atoms. The van der Waals surface area contributed by atoms with Crippen LogP contribution < -0.4 is 5.32 Å². The largest absolute Gasteiger partial charge is 0.444 e. The number of hydrogen-bond acceptors (Lipinski definition) is 4. The van der Waals surface area contributed by atoms with Gasteiger partial charge < -0.3 is 15.2 Å². The van der Waals surface area contributed by atoms with Gasteiger partial charge in [0.2, 0.25) is 0 Å². The number of ether oxygens (including phenoxy) is 1. The average molecular weight is 416 g/mol. The molecule has 4 bridgehead atoms. The molecule has 7 heteroatoms. The fourth-order valence-electron chi connectivity index (χ4n) is 7.53. The zero-order valence-electron chi connectivity index (χ0n) is 18.2. The minimum atomic E-state index is -0.742. The Bertz CT molecular complexity index is 798. The van der Waals surface area contributed by atoms with E-state index in [0.29, 0.717) is 24.2 Å². The topological polar surface area (TPSA) is 83.2 Å². The fraction of sp³-hybridized carbons (Fsp3) is 0.870. The number of piperidine rings is 1. The Kier molecular flexibility index (Phi) is 4.26. The van der Waals surface area contributed by atoms with Crippen molar-refractivity contribution in [2.45, 2.75) is 102 Å². The van der Waals surface area contributed by atoms with Crippen LogP contribution in [0, 0.1) is 29.7 Å². The van der Waals surface area contributed by atoms with E-state index in [1.807, 2.05) is 0 Å². The van der Waals surface area contributed by atoms with E-state index >= 15 is 0 Å². The van der Waals surface area contributed by atoms with Gasteiger partial charge in [0, 0.05) is 17.9 Å². The summed E-state index contributed by atoms with van der Waals surface area (Å²) >= 11 is 0. The zero-order valence-corrected chi connectivity index (χ0v) is 18.2. The molecule has 2 N–H and O–H groups in total. The predicted molar refractivity (Wildman–Crippen MR) is 109 cm³/mol. The molecular weight excluding hydrogens is 382 g/mol. The first kappa shape index (κ1) is 20.1. The molecule has 6 fully saturated rings. The number of likely N-dealkylation sites (tertiary alicyclic amines) is 1. The Morgan fingerprint density at radius 1 is 1.17 bits per heavy atom. The number of amides is 2. The van der Waals surface area contributed by atoms with Crippen LogP contribution in [0.3, 0.4) is 0 Å². The van der Waals surface area contributed by atoms with Gasteiger partial charge in [-0.05, 0) is 83.5 Å². The summed E-state index contributed by atoms with van der Waals surface area (Å²) in [5.74, 6) is 1.08. The van der Waals surface area contributed by atoms with Crippen molar-refractivity contribution < 1.29 is 19.4 Å². The summed E-state index contributed by atoms with van der Waals surface area (Å²) in [5.41, 5.74) is -1.84. The van der Waals surface area contributed by atoms with Gasteiger partial charge >= 0.3 is 12.3 Å². The molecule has 1 aliphatic heterocycles. The zero-order chi connectivity index (χ0) is 21.5. The number of nitrogens with one attached hydrogen (secondary N) is 1. The Labute approximate surface area is 178 Å². The van der Waals surface area contributed by atoms with Crippen molar-refractivity contribution in [2.24, 2.45) is 23.2 Å². The third kappa shape index (κ3) is 3.28. The first-order chi connectivity index (χ1) is 14.0. The van der Waals surface area contributed by atoms with Gasteiger partial charge in [0.1, 0.15) is 11.6 Å². The van der Waals surface area contributed by atoms with Gasteiger partial charge in [-0.1, -0.05) is 0 Å². The SMILES string of the molecule is [C-]#[N+][C@@H]1C[C@@H]2C[C@@H]2N1C(=O)[C@@H](NC(=O)OC(C)(C)C)C12CC3CC(CC(O)(C3)C1)C2. The van der Waals surface area contributed by atoms with Crippen LogP contribution in [0.2, 0.25) is 0 Å². The minimum Gasteiger partial charge on any atom is -0.444 e. The molecule has 0 radical (unpaired) electrons. The van der Waals surface area contributed by atoms with E-state index in [4.69, 9.17) is 11.3 Å². The molecule has 7 nitrogen and oxygen atoms in total. The third-order valence-corrected chi connectivity index (χ3v) is 8.08. The van der Waals surface area contributed by atoms with Gasteiger partial charge in [-0.15, -0.1) is 0 Å². The second kappa shape index (κ2) is 6.35. The molecule has 2 amide bonds. The molecule has 5 aliphatic carbocycles. The number of carbonyl (C=O) groups is 2. The molecule has 30 heavy (non-hydrogen) atoms. The monoisotopic (exact) mass is 415 g/mol. The normalized spacial score (nSPS) is 44.2. The molecule has 164 valence electrons. The van der Waals surface area contributed by atoms with E-state index in [1.54, 1.807) is 25.7 Å². The molecule has 5 saturated carbocycles. The molecule has 2 unspecified atom stereocenters. The van der Waals surface area contributed by atoms with Crippen molar-refractivity contribution >= 4 is 12.0 Å². The number of nitrogens with zero attached hydrogens (tertiary/aromatic N) is 2. The van der Waals surface area contributed by atoms with Crippen LogP contribution in [-0.4, -0.2) is 51.5 Å². The van der Waals surface area contributed by atoms with Crippen molar-refractivity contribution in [1.29, 1.82) is 0 Å². The second-order valence-corrected chi connectivity index (χ2v) is 11.8. The summed E-state index contributed by atoms with van der Waals surface area (Å²) in [7, 11) is 0. The Morgan fingerprint density at radius 2 is 1.83 bits per heavy atom. The van der Waals surface area contributed by atoms with Crippen molar-refractivity contribution in [3.63, 3.8) is 0 Å². The molecule has 0 aromatic heterocycles. The van der Waals surface area contributed by atoms with E-state index < -0.39 is 34.9 Å². The fourth-order valence-corrected chi connectivity index (χ4v) is 7.53. The van der Waals surface area contributed by atoms with E-state index in [2.05, 4.69) is 10.2 Å². The summed E-state index contributed by atoms with van der Waals surface area (Å²) in [6.07, 6.45) is 5.64. The Morgan fingerprint density at radius 3 is 2.40 bits per heavy atom. The van der Waals surface area contributed by atoms with Crippen molar-refractivity contribution in [2.75, 3.05) is 0 Å². The van der Waals surface area contributed by atoms with Gasteiger partial charge in [-0.2, -0.15) is 0 Å². The lowest BCUT2D eigenvalue weighted by Gasteiger charge is -2.62. The van der Waals surface area contributed by atoms with Crippen molar-refractivity contribution in [3.8, 4) is 0 Å². The average Bonchev–Trinajstić information content (AvgIpc) is 3.25. The second-order valence-electron chi connectivity index (χ2n) is 11.8. The third-order valence-electron chi connectivity index (χ3n) is 8.08. The quantitative estimate of drug-likeness (QED) is 0.694. The maximum Gasteiger partial charge on any atom is 0.408 e. The smallest absolute Gasteiger partial charge is 0.408 e. The number of alkyl carbamates (subject to hydrolysis) is 1. The Hall–Kier alpha value is -1.81. The Balaban J connectivity index is 1.47. The van der Waals surface area contributed by atoms with Gasteiger partial charge in [-0.25, -0.2) is 11.4 Å². The first-order valence-electron chi connectivity index (χ1n) is 11.4. The summed E-state index contributed by atoms with van der Waals surface area (Å²) in [5, 5.41) is 14.2. The molecule has 6 rings (SSSR count). The minimum absolute atomic E-state index is 0.136. The molecular formula is C23H33N3O4. The highest BCUT2D eigenvalue weighted by molar-refractivity contribution is 5.88. The number of fused-ring (bicyclic) bond motifs is 1. The summed E-state index contributed by atoms with van der Waals surface area (Å²) in [4.78, 5) is 32.1. The predicted octanol–water partition coefficient (Wildman–Crippen LogP) is 3.08. The molecule has 0 aromatic carbocycles. The number of rotatable bonds is 3. The van der Waals surface area contributed by atoms with Crippen LogP contribution in [0.1, 0.15) is 72.1 Å². The van der Waals surface area contributed by atoms with E-state index in [-0.39, 0.29) is 11.9 Å². The van der Waals surface area contributed by atoms with Crippen molar-refractivity contribution in [1.82, 2.24) is 10.2 Å². The van der Waals surface area contributed by atoms with Crippen LogP contribution in [0.15, 0.2) is 0 Å². The van der Waals surface area contributed by atoms with E-state index in [1.165, 1.54) is 0 Å². The highest BCUT2D eigenvalue weighted by Gasteiger charge is 2.65. The highest BCUT2D eigenvalue weighted by atomic mass is 16.6. The molecule has 1 heterocycles. The molecule has 1 saturated heterocycles. The number of hydrogen-bond donors (Lipinski definition) is 2. The maximum absolute atomic E-state index is 13.9. The maximum atomic E-state index is 13.9. The standard InChI is InChI=1S/C23H33N3O4/c1-21(2,3)30-20(28)25-18(19(27)26-16-6-15(16)7-17(26)24-4)22-8-13-5-14(9-22)11-23(29,10-13)12-22/h13-18,29H,5-12H2,1-3H3,(H,25,28)/t13?,14?,15-,16-,17-,18+,22?,23?/m0/s1. The van der Waals surface area contributed by atoms with E-state index in [0.717, 1.165) is 44.9 Å². The van der Waals surface area contributed by atoms with Gasteiger partial charge in [0.15, 0.2) is 0 Å². The van der Waals surface area contributed by atoms with E-state index in [9.17, 15) is 14.7 Å². The van der Waals surface area contributed by atoms with Crippen LogP contribution in [0.4, 0.5) is 4.79 Å². The van der Waals surface area contributed by atoms with Gasteiger partial charge in [0.05, 0.1) is 5.60 Å². The highest BCUT2D eigenvalue weighted by Crippen LogP contribution is 2.63. The van der Waals surface area contributed by atoms with Gasteiger partial charge in [-0.3, -0.25) is 14.5 Å². The van der Waals surface area contributed by atoms with Crippen LogP contribution in [0.25, 0.3) is 4.85 Å². The summed E-state index contributed by atoms with van der Waals surface area (Å²) in [6.45, 7) is 13.0. The number of aliphatic hydroxyl groups is 1. The lowest BCUT2D eigenvalue weighted by Crippen LogP contribution is -2.66. The lowest BCUT2D eigenvalue weighted by molar-refractivity contribution is -0.180. The molecule has 0 aromatic rings. The van der Waals surface area contributed by atoms with Crippen LogP contribution in [0.5, 0.6) is 0 Å². The lowest BCUT2D eigenvalue weighted by atomic mass is 9.46. The molecule has 6 aliphatic rings. The van der Waals surface area contributed by atoms with Crippen molar-refractivity contribution in [3.05, 3.63) is 11.4 Å². The summed E-state index contributed by atoms with van der Waals surface area (Å²) in [6, 6.07) is -0.607. The van der Waals surface area contributed by atoms with Gasteiger partial charge in [0.25, 0.3) is 5.91 Å².